The van der Waals surface area contributed by atoms with Crippen LogP contribution in [-0.2, 0) is 4.12 Å². The van der Waals surface area contributed by atoms with Crippen molar-refractivity contribution in [3.63, 3.8) is 0 Å². The van der Waals surface area contributed by atoms with Crippen molar-refractivity contribution in [2.75, 3.05) is 0 Å². The van der Waals surface area contributed by atoms with E-state index in [1.165, 1.54) is 0 Å². The quantitative estimate of drug-likeness (QED) is 0.531. The van der Waals surface area contributed by atoms with Crippen LogP contribution in [0.15, 0.2) is 0 Å². The van der Waals surface area contributed by atoms with Gasteiger partial charge in [0.1, 0.15) is 0 Å². The maximum Gasteiger partial charge on any atom is 0.227 e. The Labute approximate surface area is 77.2 Å². The molecule has 0 bridgehead atoms. The summed E-state index contributed by atoms with van der Waals surface area (Å²) in [5, 5.41) is 18.9. The average molecular weight is 208 g/mol. The molecular weight excluding hydrogens is 188 g/mol. The van der Waals surface area contributed by atoms with E-state index in [9.17, 15) is 10.2 Å². The smallest absolute Gasteiger partial charge is 0.227 e. The molecule has 0 aromatic rings. The molecule has 0 aromatic heterocycles. The van der Waals surface area contributed by atoms with Crippen LogP contribution in [0.3, 0.4) is 0 Å². The number of rotatable bonds is 4. The Kier molecular flexibility index (Phi) is 4.12. The summed E-state index contributed by atoms with van der Waals surface area (Å²) in [5.74, 6) is 0. The highest BCUT2D eigenvalue weighted by Crippen LogP contribution is 2.15. The van der Waals surface area contributed by atoms with Crippen molar-refractivity contribution in [1.82, 2.24) is 0 Å². The Hall–Kier alpha value is 0.314. The van der Waals surface area contributed by atoms with Crippen LogP contribution in [0, 0.1) is 0 Å². The fraction of sp³-hybridized carbons (Fsp3) is 1.00. The topological polar surface area (TPSA) is 49.7 Å². The Morgan fingerprint density at radius 3 is 2.00 bits per heavy atom. The van der Waals surface area contributed by atoms with Crippen LogP contribution >= 0.6 is 0 Å². The Morgan fingerprint density at radius 2 is 1.75 bits per heavy atom. The molecule has 0 spiro atoms. The molecule has 1 atom stereocenters. The van der Waals surface area contributed by atoms with Gasteiger partial charge in [-0.25, -0.2) is 0 Å². The van der Waals surface area contributed by atoms with Crippen molar-refractivity contribution >= 4 is 17.4 Å². The fourth-order valence-corrected chi connectivity index (χ4v) is 6.48. The van der Waals surface area contributed by atoms with Gasteiger partial charge in [-0.3, -0.25) is 0 Å². The monoisotopic (exact) mass is 208 g/mol. The van der Waals surface area contributed by atoms with Crippen molar-refractivity contribution in [2.24, 2.45) is 0 Å². The molecule has 2 N–H and O–H groups in total. The number of hydrogen-bond acceptors (Lipinski definition) is 3. The lowest BCUT2D eigenvalue weighted by atomic mass is 10.5. The molecule has 0 amide bonds. The summed E-state index contributed by atoms with van der Waals surface area (Å²) in [6.45, 7) is 9.77. The molecule has 74 valence electrons. The molecular formula is C7H20O3Si2. The maximum atomic E-state index is 9.47. The molecule has 3 nitrogen and oxygen atoms in total. The molecule has 5 heteroatoms. The van der Waals surface area contributed by atoms with Gasteiger partial charge in [0.25, 0.3) is 0 Å². The first-order chi connectivity index (χ1) is 5.19. The fourth-order valence-electron chi connectivity index (χ4n) is 0.912. The lowest BCUT2D eigenvalue weighted by molar-refractivity contribution is -0.101. The van der Waals surface area contributed by atoms with Gasteiger partial charge in [0, 0.05) is 0 Å². The van der Waals surface area contributed by atoms with Crippen LogP contribution in [0.1, 0.15) is 13.3 Å². The highest BCUT2D eigenvalue weighted by atomic mass is 28.4. The lowest BCUT2D eigenvalue weighted by Gasteiger charge is -2.31. The van der Waals surface area contributed by atoms with Crippen molar-refractivity contribution < 1.29 is 14.3 Å². The summed E-state index contributed by atoms with van der Waals surface area (Å²) in [4.78, 5) is 0. The van der Waals surface area contributed by atoms with Crippen LogP contribution in [0.2, 0.25) is 26.2 Å². The summed E-state index contributed by atoms with van der Waals surface area (Å²) in [7, 11) is -3.47. The van der Waals surface area contributed by atoms with Gasteiger partial charge in [-0.05, 0) is 32.6 Å². The second-order valence-corrected chi connectivity index (χ2v) is 11.5. The SMILES string of the molecule is CCC(O)(O)[SiH](C)O[Si](C)(C)C. The van der Waals surface area contributed by atoms with Crippen molar-refractivity contribution in [3.05, 3.63) is 0 Å². The first-order valence-electron chi connectivity index (χ1n) is 4.31. The van der Waals surface area contributed by atoms with E-state index in [-0.39, 0.29) is 0 Å². The molecule has 0 saturated heterocycles. The van der Waals surface area contributed by atoms with Crippen molar-refractivity contribution in [3.8, 4) is 0 Å². The molecule has 0 aliphatic carbocycles. The number of aliphatic hydroxyl groups is 2. The van der Waals surface area contributed by atoms with Gasteiger partial charge in [0.05, 0.1) is 0 Å². The molecule has 0 heterocycles. The van der Waals surface area contributed by atoms with Crippen LogP contribution in [-0.4, -0.2) is 33.0 Å². The Bertz CT molecular complexity index is 142. The zero-order chi connectivity index (χ0) is 9.99. The first kappa shape index (κ1) is 12.3. The Morgan fingerprint density at radius 1 is 1.33 bits per heavy atom. The molecule has 12 heavy (non-hydrogen) atoms. The standard InChI is InChI=1S/C7H20O3Si2/c1-6-7(8,9)11(2)10-12(3,4)5/h8-9,11H,6H2,1-5H3. The van der Waals surface area contributed by atoms with E-state index in [2.05, 4.69) is 19.6 Å². The molecule has 0 aromatic carbocycles. The maximum absolute atomic E-state index is 9.47. The second kappa shape index (κ2) is 4.01. The van der Waals surface area contributed by atoms with E-state index in [1.807, 2.05) is 6.55 Å². The first-order valence-corrected chi connectivity index (χ1v) is 9.93. The molecule has 0 saturated carbocycles. The van der Waals surface area contributed by atoms with Crippen LogP contribution < -0.4 is 0 Å². The molecule has 0 aliphatic rings. The highest BCUT2D eigenvalue weighted by molar-refractivity contribution is 6.77. The van der Waals surface area contributed by atoms with Crippen LogP contribution in [0.25, 0.3) is 0 Å². The minimum absolute atomic E-state index is 0.352. The molecule has 1 unspecified atom stereocenters. The summed E-state index contributed by atoms with van der Waals surface area (Å²) in [6.07, 6.45) is 0.352. The van der Waals surface area contributed by atoms with Gasteiger partial charge >= 0.3 is 0 Å². The lowest BCUT2D eigenvalue weighted by Crippen LogP contribution is -2.50. The number of hydrogen-bond donors (Lipinski definition) is 2. The molecule has 0 fully saturated rings. The van der Waals surface area contributed by atoms with E-state index in [0.717, 1.165) is 0 Å². The van der Waals surface area contributed by atoms with Crippen LogP contribution in [0.4, 0.5) is 0 Å². The predicted molar refractivity (Wildman–Crippen MR) is 54.9 cm³/mol. The third kappa shape index (κ3) is 4.37. The zero-order valence-corrected chi connectivity index (χ0v) is 10.7. The summed E-state index contributed by atoms with van der Waals surface area (Å²) in [5.41, 5.74) is -1.54. The minimum Gasteiger partial charge on any atom is -0.454 e. The third-order valence-corrected chi connectivity index (χ3v) is 7.65. The minimum atomic E-state index is -1.86. The van der Waals surface area contributed by atoms with E-state index < -0.39 is 22.8 Å². The average Bonchev–Trinajstić information content (AvgIpc) is 1.84. The van der Waals surface area contributed by atoms with Gasteiger partial charge < -0.3 is 14.3 Å². The normalized spacial score (nSPS) is 16.2. The van der Waals surface area contributed by atoms with E-state index in [0.29, 0.717) is 6.42 Å². The van der Waals surface area contributed by atoms with Crippen molar-refractivity contribution in [1.29, 1.82) is 0 Å². The van der Waals surface area contributed by atoms with E-state index in [4.69, 9.17) is 4.12 Å². The largest absolute Gasteiger partial charge is 0.454 e. The van der Waals surface area contributed by atoms with Gasteiger partial charge in [0.2, 0.25) is 9.04 Å². The van der Waals surface area contributed by atoms with E-state index in [1.54, 1.807) is 6.92 Å². The molecule has 0 aliphatic heterocycles. The Balaban J connectivity index is 4.13. The summed E-state index contributed by atoms with van der Waals surface area (Å²) >= 11 is 0. The van der Waals surface area contributed by atoms with Gasteiger partial charge in [0.15, 0.2) is 13.7 Å². The summed E-state index contributed by atoms with van der Waals surface area (Å²) in [6, 6.07) is 0. The highest BCUT2D eigenvalue weighted by Gasteiger charge is 2.34. The second-order valence-electron chi connectivity index (χ2n) is 4.10. The van der Waals surface area contributed by atoms with Crippen LogP contribution in [0.5, 0.6) is 0 Å². The molecule has 0 radical (unpaired) electrons. The third-order valence-electron chi connectivity index (χ3n) is 1.70. The van der Waals surface area contributed by atoms with Gasteiger partial charge in [-0.2, -0.15) is 0 Å². The van der Waals surface area contributed by atoms with E-state index >= 15 is 0 Å². The summed E-state index contributed by atoms with van der Waals surface area (Å²) < 4.78 is 5.67. The molecule has 0 rings (SSSR count). The van der Waals surface area contributed by atoms with Gasteiger partial charge in [-0.1, -0.05) is 6.92 Å². The zero-order valence-electron chi connectivity index (χ0n) is 8.59. The van der Waals surface area contributed by atoms with Crippen molar-refractivity contribution in [2.45, 2.75) is 44.9 Å². The van der Waals surface area contributed by atoms with Gasteiger partial charge in [-0.15, -0.1) is 0 Å². The predicted octanol–water partition coefficient (Wildman–Crippen LogP) is 0.822.